The van der Waals surface area contributed by atoms with Gasteiger partial charge in [0.25, 0.3) is 0 Å². The van der Waals surface area contributed by atoms with Crippen molar-refractivity contribution in [2.75, 3.05) is 6.61 Å². The van der Waals surface area contributed by atoms with Crippen molar-refractivity contribution in [1.82, 2.24) is 0 Å². The van der Waals surface area contributed by atoms with E-state index in [1.165, 1.54) is 0 Å². The van der Waals surface area contributed by atoms with Crippen LogP contribution in [-0.2, 0) is 9.53 Å². The zero-order valence-corrected chi connectivity index (χ0v) is 7.30. The van der Waals surface area contributed by atoms with Crippen LogP contribution in [0.5, 0.6) is 0 Å². The molecule has 0 N–H and O–H groups in total. The fourth-order valence-corrected chi connectivity index (χ4v) is 1.50. The van der Waals surface area contributed by atoms with Gasteiger partial charge in [-0.2, -0.15) is 0 Å². The molecule has 1 saturated heterocycles. The Morgan fingerprint density at radius 3 is 2.73 bits per heavy atom. The van der Waals surface area contributed by atoms with Gasteiger partial charge in [0.2, 0.25) is 0 Å². The van der Waals surface area contributed by atoms with E-state index < -0.39 is 0 Å². The molecule has 11 heavy (non-hydrogen) atoms. The van der Waals surface area contributed by atoms with Crippen LogP contribution >= 0.6 is 0 Å². The smallest absolute Gasteiger partial charge is 0.138 e. The van der Waals surface area contributed by atoms with E-state index in [4.69, 9.17) is 4.74 Å². The predicted molar refractivity (Wildman–Crippen MR) is 43.4 cm³/mol. The first kappa shape index (κ1) is 8.72. The first-order valence-electron chi connectivity index (χ1n) is 4.42. The largest absolute Gasteiger partial charge is 0.377 e. The van der Waals surface area contributed by atoms with Gasteiger partial charge in [0.15, 0.2) is 0 Å². The summed E-state index contributed by atoms with van der Waals surface area (Å²) in [6.07, 6.45) is 2.98. The molecule has 2 unspecified atom stereocenters. The predicted octanol–water partition coefficient (Wildman–Crippen LogP) is 1.78. The lowest BCUT2D eigenvalue weighted by molar-refractivity contribution is -0.122. The second-order valence-corrected chi connectivity index (χ2v) is 3.12. The highest BCUT2D eigenvalue weighted by molar-refractivity contribution is 5.81. The van der Waals surface area contributed by atoms with Crippen molar-refractivity contribution in [2.24, 2.45) is 5.92 Å². The van der Waals surface area contributed by atoms with E-state index in [1.807, 2.05) is 6.92 Å². The SMILES string of the molecule is CCC(=O)C1COC(CC)C1. The standard InChI is InChI=1S/C9H16O2/c1-3-8-5-7(6-11-8)9(10)4-2/h7-8H,3-6H2,1-2H3. The molecule has 2 heteroatoms. The van der Waals surface area contributed by atoms with Crippen LogP contribution in [0, 0.1) is 5.92 Å². The van der Waals surface area contributed by atoms with Crippen LogP contribution in [0.1, 0.15) is 33.1 Å². The summed E-state index contributed by atoms with van der Waals surface area (Å²) >= 11 is 0. The van der Waals surface area contributed by atoms with Crippen molar-refractivity contribution in [1.29, 1.82) is 0 Å². The van der Waals surface area contributed by atoms with E-state index in [0.29, 0.717) is 24.9 Å². The van der Waals surface area contributed by atoms with Gasteiger partial charge in [-0.3, -0.25) is 4.79 Å². The Bertz CT molecular complexity index is 142. The molecule has 64 valence electrons. The fourth-order valence-electron chi connectivity index (χ4n) is 1.50. The van der Waals surface area contributed by atoms with E-state index in [1.54, 1.807) is 0 Å². The number of hydrogen-bond acceptors (Lipinski definition) is 2. The van der Waals surface area contributed by atoms with Crippen LogP contribution in [0.15, 0.2) is 0 Å². The summed E-state index contributed by atoms with van der Waals surface area (Å²) in [6.45, 7) is 4.68. The van der Waals surface area contributed by atoms with Crippen molar-refractivity contribution < 1.29 is 9.53 Å². The minimum absolute atomic E-state index is 0.199. The van der Waals surface area contributed by atoms with E-state index in [0.717, 1.165) is 12.8 Å². The average Bonchev–Trinajstić information content (AvgIpc) is 2.50. The first-order chi connectivity index (χ1) is 5.27. The minimum Gasteiger partial charge on any atom is -0.377 e. The van der Waals surface area contributed by atoms with E-state index in [2.05, 4.69) is 6.92 Å². The third-order valence-corrected chi connectivity index (χ3v) is 2.34. The minimum atomic E-state index is 0.199. The van der Waals surface area contributed by atoms with Gasteiger partial charge in [0, 0.05) is 12.3 Å². The summed E-state index contributed by atoms with van der Waals surface area (Å²) < 4.78 is 5.42. The molecule has 0 aliphatic carbocycles. The Morgan fingerprint density at radius 1 is 1.55 bits per heavy atom. The molecule has 1 fully saturated rings. The summed E-state index contributed by atoms with van der Waals surface area (Å²) in [6, 6.07) is 0. The number of carbonyl (C=O) groups is 1. The van der Waals surface area contributed by atoms with Crippen LogP contribution in [-0.4, -0.2) is 18.5 Å². The summed E-state index contributed by atoms with van der Waals surface area (Å²) in [4.78, 5) is 11.2. The van der Waals surface area contributed by atoms with Gasteiger partial charge in [-0.1, -0.05) is 13.8 Å². The van der Waals surface area contributed by atoms with Gasteiger partial charge in [0.1, 0.15) is 5.78 Å². The molecule has 1 aliphatic heterocycles. The molecule has 2 atom stereocenters. The molecule has 2 nitrogen and oxygen atoms in total. The normalized spacial score (nSPS) is 30.7. The van der Waals surface area contributed by atoms with Gasteiger partial charge in [0.05, 0.1) is 12.7 Å². The summed E-state index contributed by atoms with van der Waals surface area (Å²) in [5.74, 6) is 0.561. The fraction of sp³-hybridized carbons (Fsp3) is 0.889. The number of rotatable bonds is 3. The van der Waals surface area contributed by atoms with Crippen LogP contribution in [0.4, 0.5) is 0 Å². The molecule has 1 heterocycles. The zero-order valence-electron chi connectivity index (χ0n) is 7.30. The van der Waals surface area contributed by atoms with E-state index in [-0.39, 0.29) is 5.92 Å². The average molecular weight is 156 g/mol. The second kappa shape index (κ2) is 3.86. The molecule has 0 radical (unpaired) electrons. The topological polar surface area (TPSA) is 26.3 Å². The third-order valence-electron chi connectivity index (χ3n) is 2.34. The number of ether oxygens (including phenoxy) is 1. The van der Waals surface area contributed by atoms with Crippen LogP contribution in [0.3, 0.4) is 0 Å². The molecule has 0 aromatic heterocycles. The summed E-state index contributed by atoms with van der Waals surface area (Å²) in [5.41, 5.74) is 0. The maximum absolute atomic E-state index is 11.2. The lowest BCUT2D eigenvalue weighted by Gasteiger charge is -2.03. The van der Waals surface area contributed by atoms with Gasteiger partial charge >= 0.3 is 0 Å². The van der Waals surface area contributed by atoms with Crippen LogP contribution in [0.25, 0.3) is 0 Å². The van der Waals surface area contributed by atoms with Crippen LogP contribution < -0.4 is 0 Å². The highest BCUT2D eigenvalue weighted by Gasteiger charge is 2.28. The van der Waals surface area contributed by atoms with Gasteiger partial charge in [-0.05, 0) is 12.8 Å². The van der Waals surface area contributed by atoms with Gasteiger partial charge in [-0.25, -0.2) is 0 Å². The molecule has 0 bridgehead atoms. The van der Waals surface area contributed by atoms with Crippen molar-refractivity contribution in [2.45, 2.75) is 39.2 Å². The number of Topliss-reactive ketones (excluding diaryl/α,β-unsaturated/α-hetero) is 1. The lowest BCUT2D eigenvalue weighted by atomic mass is 9.98. The Morgan fingerprint density at radius 2 is 2.27 bits per heavy atom. The maximum atomic E-state index is 11.2. The number of hydrogen-bond donors (Lipinski definition) is 0. The molecule has 0 amide bonds. The maximum Gasteiger partial charge on any atom is 0.138 e. The highest BCUT2D eigenvalue weighted by atomic mass is 16.5. The molecular formula is C9H16O2. The Kier molecular flexibility index (Phi) is 3.06. The Labute approximate surface area is 67.9 Å². The molecule has 0 aromatic rings. The quantitative estimate of drug-likeness (QED) is 0.622. The highest BCUT2D eigenvalue weighted by Crippen LogP contribution is 2.22. The van der Waals surface area contributed by atoms with E-state index in [9.17, 15) is 4.79 Å². The Hall–Kier alpha value is -0.370. The first-order valence-corrected chi connectivity index (χ1v) is 4.42. The zero-order chi connectivity index (χ0) is 8.27. The third kappa shape index (κ3) is 2.03. The molecule has 0 saturated carbocycles. The lowest BCUT2D eigenvalue weighted by Crippen LogP contribution is -2.13. The van der Waals surface area contributed by atoms with Crippen molar-refractivity contribution in [3.8, 4) is 0 Å². The Balaban J connectivity index is 2.35. The van der Waals surface area contributed by atoms with Crippen molar-refractivity contribution >= 4 is 5.78 Å². The van der Waals surface area contributed by atoms with E-state index >= 15 is 0 Å². The van der Waals surface area contributed by atoms with Gasteiger partial charge < -0.3 is 4.74 Å². The molecule has 1 aliphatic rings. The summed E-state index contributed by atoms with van der Waals surface area (Å²) in [5, 5.41) is 0. The molecular weight excluding hydrogens is 140 g/mol. The molecule has 0 spiro atoms. The molecule has 0 aromatic carbocycles. The number of carbonyl (C=O) groups excluding carboxylic acids is 1. The second-order valence-electron chi connectivity index (χ2n) is 3.12. The summed E-state index contributed by atoms with van der Waals surface area (Å²) in [7, 11) is 0. The van der Waals surface area contributed by atoms with Crippen molar-refractivity contribution in [3.05, 3.63) is 0 Å². The van der Waals surface area contributed by atoms with Crippen molar-refractivity contribution in [3.63, 3.8) is 0 Å². The van der Waals surface area contributed by atoms with Gasteiger partial charge in [-0.15, -0.1) is 0 Å². The molecule has 1 rings (SSSR count). The number of ketones is 1. The monoisotopic (exact) mass is 156 g/mol. The van der Waals surface area contributed by atoms with Crippen LogP contribution in [0.2, 0.25) is 0 Å².